The van der Waals surface area contributed by atoms with Gasteiger partial charge in [0.2, 0.25) is 0 Å². The summed E-state index contributed by atoms with van der Waals surface area (Å²) in [6, 6.07) is 16.7. The van der Waals surface area contributed by atoms with E-state index in [0.29, 0.717) is 16.4 Å². The molecule has 34 heavy (non-hydrogen) atoms. The molecule has 1 amide bonds. The molecule has 2 N–H and O–H groups in total. The molecule has 0 spiro atoms. The lowest BCUT2D eigenvalue weighted by molar-refractivity contribution is 0.0527. The Hall–Kier alpha value is -4.17. The average Bonchev–Trinajstić information content (AvgIpc) is 3.45. The van der Waals surface area contributed by atoms with Crippen LogP contribution in [0.4, 0.5) is 5.82 Å². The van der Waals surface area contributed by atoms with Crippen LogP contribution in [0.2, 0.25) is 5.02 Å². The first-order chi connectivity index (χ1) is 16.5. The number of carbonyl (C=O) groups excluding carboxylic acids is 2. The molecular formula is C25H20ClN5O3. The number of aromatic nitrogens is 4. The quantitative estimate of drug-likeness (QED) is 0.337. The highest BCUT2D eigenvalue weighted by molar-refractivity contribution is 6.35. The molecule has 0 fully saturated rings. The Kier molecular flexibility index (Phi) is 5.51. The minimum absolute atomic E-state index is 0.122. The van der Waals surface area contributed by atoms with Gasteiger partial charge >= 0.3 is 5.97 Å². The standard InChI is InChI=1S/C25H20ClN5O3/c1-3-34-25(33)17-13-27-31(21-11-14(2)16-8-4-5-10-19(16)28-21)23(17)30-24(32)20-12-15-7-6-9-18(26)22(15)29-20/h4-13,29H,3H2,1-2H3,(H,30,32). The van der Waals surface area contributed by atoms with Crippen LogP contribution in [0.5, 0.6) is 0 Å². The fraction of sp³-hybridized carbons (Fsp3) is 0.120. The molecular weight excluding hydrogens is 454 g/mol. The molecule has 0 aliphatic carbocycles. The number of amides is 1. The minimum Gasteiger partial charge on any atom is -0.462 e. The number of aromatic amines is 1. The summed E-state index contributed by atoms with van der Waals surface area (Å²) in [6.07, 6.45) is 1.36. The Morgan fingerprint density at radius 2 is 1.97 bits per heavy atom. The molecule has 0 atom stereocenters. The first kappa shape index (κ1) is 21.7. The van der Waals surface area contributed by atoms with E-state index in [1.165, 1.54) is 10.9 Å². The van der Waals surface area contributed by atoms with Crippen molar-refractivity contribution < 1.29 is 14.3 Å². The molecule has 0 unspecified atom stereocenters. The van der Waals surface area contributed by atoms with Gasteiger partial charge in [-0.05, 0) is 43.7 Å². The van der Waals surface area contributed by atoms with Crippen molar-refractivity contribution in [3.8, 4) is 5.82 Å². The van der Waals surface area contributed by atoms with Gasteiger partial charge in [0.15, 0.2) is 11.6 Å². The maximum Gasteiger partial charge on any atom is 0.343 e. The molecule has 0 bridgehead atoms. The topological polar surface area (TPSA) is 102 Å². The van der Waals surface area contributed by atoms with Crippen LogP contribution >= 0.6 is 11.6 Å². The van der Waals surface area contributed by atoms with Crippen LogP contribution in [0.3, 0.4) is 0 Å². The number of hydrogen-bond donors (Lipinski definition) is 2. The predicted octanol–water partition coefficient (Wildman–Crippen LogP) is 5.29. The number of ether oxygens (including phenoxy) is 1. The number of esters is 1. The molecule has 2 aromatic carbocycles. The van der Waals surface area contributed by atoms with Crippen molar-refractivity contribution in [2.45, 2.75) is 13.8 Å². The van der Waals surface area contributed by atoms with Crippen molar-refractivity contribution in [3.05, 3.63) is 82.6 Å². The third kappa shape index (κ3) is 3.78. The van der Waals surface area contributed by atoms with Crippen LogP contribution in [0, 0.1) is 6.92 Å². The van der Waals surface area contributed by atoms with Crippen LogP contribution in [0.15, 0.2) is 60.8 Å². The van der Waals surface area contributed by atoms with Crippen LogP contribution in [-0.4, -0.2) is 38.2 Å². The number of fused-ring (bicyclic) bond motifs is 2. The third-order valence-corrected chi connectivity index (χ3v) is 5.79. The lowest BCUT2D eigenvalue weighted by atomic mass is 10.1. The fourth-order valence-corrected chi connectivity index (χ4v) is 4.09. The van der Waals surface area contributed by atoms with Gasteiger partial charge in [0.25, 0.3) is 5.91 Å². The van der Waals surface area contributed by atoms with Gasteiger partial charge in [0.1, 0.15) is 11.3 Å². The number of nitrogens with one attached hydrogen (secondary N) is 2. The van der Waals surface area contributed by atoms with Crippen molar-refractivity contribution in [2.24, 2.45) is 0 Å². The van der Waals surface area contributed by atoms with Crippen molar-refractivity contribution >= 4 is 51.1 Å². The second-order valence-corrected chi connectivity index (χ2v) is 8.10. The monoisotopic (exact) mass is 473 g/mol. The second kappa shape index (κ2) is 8.64. The summed E-state index contributed by atoms with van der Waals surface area (Å²) in [4.78, 5) is 33.5. The maximum absolute atomic E-state index is 13.2. The van der Waals surface area contributed by atoms with Gasteiger partial charge in [0, 0.05) is 10.8 Å². The number of anilines is 1. The van der Waals surface area contributed by atoms with E-state index in [0.717, 1.165) is 21.9 Å². The zero-order valence-corrected chi connectivity index (χ0v) is 19.2. The summed E-state index contributed by atoms with van der Waals surface area (Å²) in [5.74, 6) is -0.435. The van der Waals surface area contributed by atoms with E-state index in [2.05, 4.69) is 20.4 Å². The van der Waals surface area contributed by atoms with Gasteiger partial charge < -0.3 is 15.0 Å². The number of para-hydroxylation sites is 2. The molecule has 0 aliphatic heterocycles. The van der Waals surface area contributed by atoms with E-state index < -0.39 is 11.9 Å². The Bertz CT molecular complexity index is 1570. The Labute approximate surface area is 199 Å². The number of pyridine rings is 1. The highest BCUT2D eigenvalue weighted by atomic mass is 35.5. The zero-order valence-electron chi connectivity index (χ0n) is 18.4. The number of halogens is 1. The lowest BCUT2D eigenvalue weighted by Crippen LogP contribution is -2.18. The summed E-state index contributed by atoms with van der Waals surface area (Å²) in [6.45, 7) is 3.87. The van der Waals surface area contributed by atoms with Crippen LogP contribution < -0.4 is 5.32 Å². The van der Waals surface area contributed by atoms with Crippen molar-refractivity contribution in [1.82, 2.24) is 19.7 Å². The SMILES string of the molecule is CCOC(=O)c1cnn(-c2cc(C)c3ccccc3n2)c1NC(=O)c1cc2cccc(Cl)c2[nH]1. The Morgan fingerprint density at radius 3 is 2.76 bits per heavy atom. The molecule has 3 heterocycles. The predicted molar refractivity (Wildman–Crippen MR) is 131 cm³/mol. The van der Waals surface area contributed by atoms with Crippen molar-refractivity contribution in [1.29, 1.82) is 0 Å². The molecule has 0 radical (unpaired) electrons. The lowest BCUT2D eigenvalue weighted by Gasteiger charge is -2.12. The third-order valence-electron chi connectivity index (χ3n) is 5.47. The van der Waals surface area contributed by atoms with E-state index in [-0.39, 0.29) is 23.7 Å². The largest absolute Gasteiger partial charge is 0.462 e. The van der Waals surface area contributed by atoms with Gasteiger partial charge in [-0.3, -0.25) is 4.79 Å². The normalized spacial score (nSPS) is 11.1. The maximum atomic E-state index is 13.2. The van der Waals surface area contributed by atoms with E-state index in [9.17, 15) is 9.59 Å². The molecule has 9 heteroatoms. The van der Waals surface area contributed by atoms with Crippen LogP contribution in [0.25, 0.3) is 27.6 Å². The number of rotatable bonds is 5. The van der Waals surface area contributed by atoms with E-state index >= 15 is 0 Å². The van der Waals surface area contributed by atoms with E-state index in [4.69, 9.17) is 16.3 Å². The molecule has 0 saturated carbocycles. The number of H-pyrrole nitrogens is 1. The number of hydrogen-bond acceptors (Lipinski definition) is 5. The Morgan fingerprint density at radius 1 is 1.15 bits per heavy atom. The number of nitrogens with zero attached hydrogens (tertiary/aromatic N) is 3. The summed E-state index contributed by atoms with van der Waals surface area (Å²) in [7, 11) is 0. The Balaban J connectivity index is 1.60. The highest BCUT2D eigenvalue weighted by Gasteiger charge is 2.24. The summed E-state index contributed by atoms with van der Waals surface area (Å²) in [5, 5.41) is 9.46. The smallest absolute Gasteiger partial charge is 0.343 e. The van der Waals surface area contributed by atoms with Gasteiger partial charge in [-0.1, -0.05) is 41.9 Å². The van der Waals surface area contributed by atoms with Crippen LogP contribution in [0.1, 0.15) is 33.3 Å². The van der Waals surface area contributed by atoms with Crippen LogP contribution in [-0.2, 0) is 4.74 Å². The van der Waals surface area contributed by atoms with Gasteiger partial charge in [-0.2, -0.15) is 9.78 Å². The summed E-state index contributed by atoms with van der Waals surface area (Å²) < 4.78 is 6.60. The molecule has 0 saturated heterocycles. The van der Waals surface area contributed by atoms with E-state index in [1.54, 1.807) is 19.1 Å². The summed E-state index contributed by atoms with van der Waals surface area (Å²) in [5.41, 5.74) is 2.81. The van der Waals surface area contributed by atoms with E-state index in [1.807, 2.05) is 49.4 Å². The van der Waals surface area contributed by atoms with Gasteiger partial charge in [0.05, 0.1) is 28.9 Å². The number of benzene rings is 2. The minimum atomic E-state index is -0.596. The van der Waals surface area contributed by atoms with Gasteiger partial charge in [-0.25, -0.2) is 9.78 Å². The molecule has 8 nitrogen and oxygen atoms in total. The fourth-order valence-electron chi connectivity index (χ4n) is 3.86. The van der Waals surface area contributed by atoms with Crippen molar-refractivity contribution in [3.63, 3.8) is 0 Å². The molecule has 5 aromatic rings. The summed E-state index contributed by atoms with van der Waals surface area (Å²) >= 11 is 6.24. The first-order valence-corrected chi connectivity index (χ1v) is 11.0. The van der Waals surface area contributed by atoms with Gasteiger partial charge in [-0.15, -0.1) is 0 Å². The molecule has 0 aliphatic rings. The molecule has 5 rings (SSSR count). The number of aryl methyl sites for hydroxylation is 1. The zero-order chi connectivity index (χ0) is 23.8. The average molecular weight is 474 g/mol. The van der Waals surface area contributed by atoms with Crippen molar-refractivity contribution in [2.75, 3.05) is 11.9 Å². The molecule has 170 valence electrons. The highest BCUT2D eigenvalue weighted by Crippen LogP contribution is 2.27. The first-order valence-electron chi connectivity index (χ1n) is 10.7. The molecule has 3 aromatic heterocycles. The second-order valence-electron chi connectivity index (χ2n) is 7.69. The number of carbonyl (C=O) groups is 2.